The van der Waals surface area contributed by atoms with Gasteiger partial charge in [0.1, 0.15) is 0 Å². The largest absolute Gasteiger partial charge is 0.388 e. The van der Waals surface area contributed by atoms with Crippen LogP contribution in [0.25, 0.3) is 0 Å². The van der Waals surface area contributed by atoms with Gasteiger partial charge in [-0.05, 0) is 44.7 Å². The standard InChI is InChI=1S/C15H25N3O/c1-5-12(2)18(4)11-10-17-15(19)13-6-8-14(16-3)9-7-13/h6-9,12,16H,5,10-11H2,1-4H3,(H,17,19). The Balaban J connectivity index is 2.38. The van der Waals surface area contributed by atoms with Gasteiger partial charge < -0.3 is 15.5 Å². The third-order valence-corrected chi connectivity index (χ3v) is 3.53. The van der Waals surface area contributed by atoms with Gasteiger partial charge in [-0.1, -0.05) is 6.92 Å². The predicted octanol–water partition coefficient (Wildman–Crippen LogP) is 2.19. The number of hydrogen-bond donors (Lipinski definition) is 2. The second-order valence-corrected chi connectivity index (χ2v) is 4.82. The van der Waals surface area contributed by atoms with Gasteiger partial charge in [-0.2, -0.15) is 0 Å². The molecule has 1 unspecified atom stereocenters. The molecule has 1 aromatic rings. The van der Waals surface area contributed by atoms with E-state index in [2.05, 4.69) is 36.4 Å². The smallest absolute Gasteiger partial charge is 0.251 e. The molecule has 0 heterocycles. The molecule has 0 aromatic heterocycles. The lowest BCUT2D eigenvalue weighted by atomic mass is 10.2. The van der Waals surface area contributed by atoms with Gasteiger partial charge in [0.25, 0.3) is 5.91 Å². The number of nitrogens with one attached hydrogen (secondary N) is 2. The van der Waals surface area contributed by atoms with Gasteiger partial charge in [-0.15, -0.1) is 0 Å². The molecule has 4 heteroatoms. The van der Waals surface area contributed by atoms with E-state index >= 15 is 0 Å². The van der Waals surface area contributed by atoms with Gasteiger partial charge in [0.05, 0.1) is 0 Å². The van der Waals surface area contributed by atoms with Crippen LogP contribution in [0.1, 0.15) is 30.6 Å². The Labute approximate surface area is 116 Å². The monoisotopic (exact) mass is 263 g/mol. The van der Waals surface area contributed by atoms with E-state index < -0.39 is 0 Å². The van der Waals surface area contributed by atoms with Crippen LogP contribution in [0.15, 0.2) is 24.3 Å². The van der Waals surface area contributed by atoms with E-state index in [1.165, 1.54) is 0 Å². The average molecular weight is 263 g/mol. The first kappa shape index (κ1) is 15.5. The van der Waals surface area contributed by atoms with E-state index in [4.69, 9.17) is 0 Å². The molecule has 1 aromatic carbocycles. The molecule has 0 saturated heterocycles. The highest BCUT2D eigenvalue weighted by molar-refractivity contribution is 5.94. The normalized spacial score (nSPS) is 12.3. The van der Waals surface area contributed by atoms with E-state index in [1.54, 1.807) is 0 Å². The summed E-state index contributed by atoms with van der Waals surface area (Å²) in [5, 5.41) is 5.98. The highest BCUT2D eigenvalue weighted by Gasteiger charge is 2.08. The summed E-state index contributed by atoms with van der Waals surface area (Å²) in [7, 11) is 3.95. The van der Waals surface area contributed by atoms with Crippen LogP contribution in [-0.4, -0.2) is 44.0 Å². The third kappa shape index (κ3) is 4.91. The summed E-state index contributed by atoms with van der Waals surface area (Å²) >= 11 is 0. The van der Waals surface area contributed by atoms with E-state index in [-0.39, 0.29) is 5.91 Å². The van der Waals surface area contributed by atoms with Crippen molar-refractivity contribution < 1.29 is 4.79 Å². The van der Waals surface area contributed by atoms with Gasteiger partial charge in [-0.25, -0.2) is 0 Å². The maximum Gasteiger partial charge on any atom is 0.251 e. The molecule has 0 fully saturated rings. The zero-order valence-electron chi connectivity index (χ0n) is 12.4. The minimum atomic E-state index is -0.0137. The highest BCUT2D eigenvalue weighted by Crippen LogP contribution is 2.08. The first-order valence-corrected chi connectivity index (χ1v) is 6.84. The van der Waals surface area contributed by atoms with Crippen molar-refractivity contribution in [2.75, 3.05) is 32.5 Å². The molecule has 2 N–H and O–H groups in total. The molecule has 0 spiro atoms. The second-order valence-electron chi connectivity index (χ2n) is 4.82. The van der Waals surface area contributed by atoms with Gasteiger partial charge in [0.15, 0.2) is 0 Å². The summed E-state index contributed by atoms with van der Waals surface area (Å²) in [5.41, 5.74) is 1.71. The van der Waals surface area contributed by atoms with Crippen LogP contribution < -0.4 is 10.6 Å². The molecule has 0 aliphatic carbocycles. The minimum Gasteiger partial charge on any atom is -0.388 e. The summed E-state index contributed by atoms with van der Waals surface area (Å²) in [6.07, 6.45) is 1.12. The van der Waals surface area contributed by atoms with Crippen molar-refractivity contribution in [1.82, 2.24) is 10.2 Å². The SMILES string of the molecule is CCC(C)N(C)CCNC(=O)c1ccc(NC)cc1. The van der Waals surface area contributed by atoms with Crippen molar-refractivity contribution in [3.8, 4) is 0 Å². The van der Waals surface area contributed by atoms with Crippen molar-refractivity contribution in [3.05, 3.63) is 29.8 Å². The molecule has 0 aliphatic heterocycles. The first-order valence-electron chi connectivity index (χ1n) is 6.84. The zero-order valence-corrected chi connectivity index (χ0v) is 12.4. The molecule has 0 saturated carbocycles. The number of carbonyl (C=O) groups is 1. The Hall–Kier alpha value is -1.55. The Morgan fingerprint density at radius 1 is 1.32 bits per heavy atom. The summed E-state index contributed by atoms with van der Waals surface area (Å²) in [5.74, 6) is -0.0137. The Morgan fingerprint density at radius 3 is 2.47 bits per heavy atom. The van der Waals surface area contributed by atoms with Crippen molar-refractivity contribution in [2.45, 2.75) is 26.3 Å². The lowest BCUT2D eigenvalue weighted by molar-refractivity contribution is 0.0947. The number of amides is 1. The average Bonchev–Trinajstić information content (AvgIpc) is 2.46. The van der Waals surface area contributed by atoms with Gasteiger partial charge in [-0.3, -0.25) is 4.79 Å². The molecular formula is C15H25N3O. The quantitative estimate of drug-likeness (QED) is 0.792. The summed E-state index contributed by atoms with van der Waals surface area (Å²) < 4.78 is 0. The fraction of sp³-hybridized carbons (Fsp3) is 0.533. The Morgan fingerprint density at radius 2 is 1.95 bits per heavy atom. The Bertz CT molecular complexity index is 389. The molecule has 0 bridgehead atoms. The molecule has 1 amide bonds. The van der Waals surface area contributed by atoms with Gasteiger partial charge >= 0.3 is 0 Å². The predicted molar refractivity (Wildman–Crippen MR) is 80.7 cm³/mol. The second kappa shape index (κ2) is 7.79. The molecular weight excluding hydrogens is 238 g/mol. The molecule has 1 rings (SSSR count). The Kier molecular flexibility index (Phi) is 6.36. The molecule has 1 atom stereocenters. The zero-order chi connectivity index (χ0) is 14.3. The van der Waals surface area contributed by atoms with Crippen LogP contribution in [0.2, 0.25) is 0 Å². The van der Waals surface area contributed by atoms with Crippen molar-refractivity contribution in [2.24, 2.45) is 0 Å². The summed E-state index contributed by atoms with van der Waals surface area (Å²) in [4.78, 5) is 14.2. The number of carbonyl (C=O) groups excluding carboxylic acids is 1. The fourth-order valence-corrected chi connectivity index (χ4v) is 1.77. The molecule has 0 radical (unpaired) electrons. The summed E-state index contributed by atoms with van der Waals surface area (Å²) in [6.45, 7) is 5.91. The van der Waals surface area contributed by atoms with E-state index in [1.807, 2.05) is 31.3 Å². The van der Waals surface area contributed by atoms with E-state index in [0.717, 1.165) is 18.7 Å². The minimum absolute atomic E-state index is 0.0137. The van der Waals surface area contributed by atoms with E-state index in [0.29, 0.717) is 18.2 Å². The van der Waals surface area contributed by atoms with Crippen molar-refractivity contribution >= 4 is 11.6 Å². The van der Waals surface area contributed by atoms with Crippen molar-refractivity contribution in [1.29, 1.82) is 0 Å². The summed E-state index contributed by atoms with van der Waals surface area (Å²) in [6, 6.07) is 8.02. The van der Waals surface area contributed by atoms with Crippen molar-refractivity contribution in [3.63, 3.8) is 0 Å². The number of hydrogen-bond acceptors (Lipinski definition) is 3. The maximum atomic E-state index is 11.9. The number of anilines is 1. The van der Waals surface area contributed by atoms with Crippen LogP contribution >= 0.6 is 0 Å². The third-order valence-electron chi connectivity index (χ3n) is 3.53. The molecule has 19 heavy (non-hydrogen) atoms. The van der Waals surface area contributed by atoms with Crippen LogP contribution in [-0.2, 0) is 0 Å². The first-order chi connectivity index (χ1) is 9.08. The van der Waals surface area contributed by atoms with Crippen LogP contribution in [0.5, 0.6) is 0 Å². The highest BCUT2D eigenvalue weighted by atomic mass is 16.1. The maximum absolute atomic E-state index is 11.9. The van der Waals surface area contributed by atoms with Crippen LogP contribution in [0, 0.1) is 0 Å². The molecule has 0 aliphatic rings. The lowest BCUT2D eigenvalue weighted by Gasteiger charge is -2.23. The number of rotatable bonds is 7. The van der Waals surface area contributed by atoms with Crippen LogP contribution in [0.4, 0.5) is 5.69 Å². The topological polar surface area (TPSA) is 44.4 Å². The molecule has 4 nitrogen and oxygen atoms in total. The molecule has 106 valence electrons. The lowest BCUT2D eigenvalue weighted by Crippen LogP contribution is -2.37. The number of likely N-dealkylation sites (N-methyl/N-ethyl adjacent to an activating group) is 1. The van der Waals surface area contributed by atoms with Crippen LogP contribution in [0.3, 0.4) is 0 Å². The number of nitrogens with zero attached hydrogens (tertiary/aromatic N) is 1. The van der Waals surface area contributed by atoms with Gasteiger partial charge in [0.2, 0.25) is 0 Å². The fourth-order valence-electron chi connectivity index (χ4n) is 1.77. The van der Waals surface area contributed by atoms with E-state index in [9.17, 15) is 4.79 Å². The van der Waals surface area contributed by atoms with Gasteiger partial charge in [0, 0.05) is 37.4 Å². The number of benzene rings is 1.